The van der Waals surface area contributed by atoms with E-state index in [0.29, 0.717) is 5.75 Å². The molecular formula is C11H17FN2O4S2. The fourth-order valence-electron chi connectivity index (χ4n) is 1.48. The first-order valence-corrected chi connectivity index (χ1v) is 8.76. The van der Waals surface area contributed by atoms with Gasteiger partial charge in [0.15, 0.2) is 11.6 Å². The Balaban J connectivity index is 2.91. The maximum absolute atomic E-state index is 13.6. The van der Waals surface area contributed by atoms with Crippen molar-refractivity contribution in [1.29, 1.82) is 0 Å². The molecule has 1 aromatic carbocycles. The Bertz CT molecular complexity index is 581. The second-order valence-corrected chi connectivity index (χ2v) is 7.49. The van der Waals surface area contributed by atoms with Crippen molar-refractivity contribution in [3.63, 3.8) is 0 Å². The third-order valence-corrected chi connectivity index (χ3v) is 5.25. The molecule has 0 bridgehead atoms. The van der Waals surface area contributed by atoms with Gasteiger partial charge in [-0.05, 0) is 12.1 Å². The maximum Gasteiger partial charge on any atom is 0.240 e. The van der Waals surface area contributed by atoms with Crippen LogP contribution >= 0.6 is 0 Å². The average molecular weight is 324 g/mol. The Labute approximate surface area is 120 Å². The van der Waals surface area contributed by atoms with Gasteiger partial charge in [-0.1, -0.05) is 6.92 Å². The van der Waals surface area contributed by atoms with Crippen LogP contribution in [0.1, 0.15) is 6.92 Å². The number of ether oxygens (including phenoxy) is 1. The van der Waals surface area contributed by atoms with Gasteiger partial charge in [0.05, 0.1) is 17.7 Å². The summed E-state index contributed by atoms with van der Waals surface area (Å²) in [6, 6.07) is 1.94. The number of sulfonamides is 1. The first-order valence-electron chi connectivity index (χ1n) is 5.79. The summed E-state index contributed by atoms with van der Waals surface area (Å²) < 4.78 is 55.6. The van der Waals surface area contributed by atoms with Crippen LogP contribution in [0.4, 0.5) is 10.1 Å². The number of halogens is 1. The zero-order valence-corrected chi connectivity index (χ0v) is 12.8. The highest BCUT2D eigenvalue weighted by molar-refractivity contribution is 7.89. The molecule has 0 aliphatic carbocycles. The molecule has 0 saturated carbocycles. The number of rotatable bonds is 7. The molecule has 1 unspecified atom stereocenters. The number of nitrogens with two attached hydrogens (primary N) is 1. The molecule has 3 N–H and O–H groups in total. The summed E-state index contributed by atoms with van der Waals surface area (Å²) in [7, 11) is -3.73. The van der Waals surface area contributed by atoms with E-state index in [1.165, 1.54) is 7.11 Å². The van der Waals surface area contributed by atoms with Gasteiger partial charge < -0.3 is 10.5 Å². The molecule has 1 rings (SSSR count). The highest BCUT2D eigenvalue weighted by Crippen LogP contribution is 2.28. The Hall–Kier alpha value is -1.19. The third-order valence-electron chi connectivity index (χ3n) is 2.50. The zero-order valence-electron chi connectivity index (χ0n) is 11.2. The van der Waals surface area contributed by atoms with Crippen molar-refractivity contribution in [2.45, 2.75) is 11.8 Å². The molecule has 0 aliphatic rings. The summed E-state index contributed by atoms with van der Waals surface area (Å²) in [6.45, 7) is 1.75. The van der Waals surface area contributed by atoms with Crippen LogP contribution in [-0.4, -0.2) is 37.8 Å². The quantitative estimate of drug-likeness (QED) is 0.710. The van der Waals surface area contributed by atoms with E-state index in [1.54, 1.807) is 6.92 Å². The van der Waals surface area contributed by atoms with Gasteiger partial charge in [0.1, 0.15) is 0 Å². The van der Waals surface area contributed by atoms with Crippen molar-refractivity contribution >= 4 is 26.5 Å². The van der Waals surface area contributed by atoms with E-state index in [2.05, 4.69) is 4.72 Å². The largest absolute Gasteiger partial charge is 0.492 e. The highest BCUT2D eigenvalue weighted by Gasteiger charge is 2.19. The normalized spacial score (nSPS) is 13.2. The van der Waals surface area contributed by atoms with Crippen LogP contribution in [0.15, 0.2) is 17.0 Å². The van der Waals surface area contributed by atoms with E-state index < -0.39 is 26.6 Å². The molecule has 0 aliphatic heterocycles. The lowest BCUT2D eigenvalue weighted by Gasteiger charge is -2.10. The summed E-state index contributed by atoms with van der Waals surface area (Å²) in [5.41, 5.74) is 5.42. The first kappa shape index (κ1) is 16.9. The minimum absolute atomic E-state index is 0.0103. The van der Waals surface area contributed by atoms with E-state index in [1.807, 2.05) is 0 Å². The molecular weight excluding hydrogens is 307 g/mol. The van der Waals surface area contributed by atoms with Crippen molar-refractivity contribution < 1.29 is 21.8 Å². The molecule has 6 nitrogen and oxygen atoms in total. The Morgan fingerprint density at radius 3 is 2.60 bits per heavy atom. The van der Waals surface area contributed by atoms with Crippen LogP contribution in [-0.2, 0) is 20.8 Å². The molecule has 114 valence electrons. The predicted molar refractivity (Wildman–Crippen MR) is 76.1 cm³/mol. The van der Waals surface area contributed by atoms with Crippen LogP contribution in [0.3, 0.4) is 0 Å². The van der Waals surface area contributed by atoms with E-state index in [0.717, 1.165) is 12.1 Å². The lowest BCUT2D eigenvalue weighted by atomic mass is 10.3. The SMILES string of the molecule is CCS(=O)CCNS(=O)(=O)c1cc(N)c(OC)c(F)c1. The molecule has 20 heavy (non-hydrogen) atoms. The van der Waals surface area contributed by atoms with Crippen LogP contribution in [0.2, 0.25) is 0 Å². The molecule has 0 spiro atoms. The lowest BCUT2D eigenvalue weighted by molar-refractivity contribution is 0.388. The molecule has 0 fully saturated rings. The topological polar surface area (TPSA) is 98.5 Å². The van der Waals surface area contributed by atoms with Crippen LogP contribution < -0.4 is 15.2 Å². The molecule has 1 atom stereocenters. The minimum atomic E-state index is -3.89. The molecule has 0 radical (unpaired) electrons. The Morgan fingerprint density at radius 1 is 1.45 bits per heavy atom. The smallest absolute Gasteiger partial charge is 0.240 e. The van der Waals surface area contributed by atoms with Crippen molar-refractivity contribution in [3.8, 4) is 5.75 Å². The fourth-order valence-corrected chi connectivity index (χ4v) is 3.30. The van der Waals surface area contributed by atoms with Gasteiger partial charge >= 0.3 is 0 Å². The number of anilines is 1. The third kappa shape index (κ3) is 4.15. The number of nitrogens with one attached hydrogen (secondary N) is 1. The van der Waals surface area contributed by atoms with E-state index >= 15 is 0 Å². The molecule has 0 saturated heterocycles. The fraction of sp³-hybridized carbons (Fsp3) is 0.455. The summed E-state index contributed by atoms with van der Waals surface area (Å²) in [6.07, 6.45) is 0. The summed E-state index contributed by atoms with van der Waals surface area (Å²) >= 11 is 0. The average Bonchev–Trinajstić information content (AvgIpc) is 2.37. The molecule has 0 aromatic heterocycles. The number of benzene rings is 1. The molecule has 1 aromatic rings. The monoisotopic (exact) mass is 324 g/mol. The summed E-state index contributed by atoms with van der Waals surface area (Å²) in [4.78, 5) is -0.296. The Kier molecular flexibility index (Phi) is 5.90. The number of hydrogen-bond donors (Lipinski definition) is 2. The second-order valence-electron chi connectivity index (χ2n) is 3.86. The predicted octanol–water partition coefficient (Wildman–Crippen LogP) is 0.463. The Morgan fingerprint density at radius 2 is 2.10 bits per heavy atom. The van der Waals surface area contributed by atoms with Crippen LogP contribution in [0, 0.1) is 5.82 Å². The van der Waals surface area contributed by atoms with Gasteiger partial charge in [-0.15, -0.1) is 0 Å². The van der Waals surface area contributed by atoms with E-state index in [-0.39, 0.29) is 28.6 Å². The minimum Gasteiger partial charge on any atom is -0.492 e. The van der Waals surface area contributed by atoms with Crippen molar-refractivity contribution in [2.24, 2.45) is 0 Å². The zero-order chi connectivity index (χ0) is 15.3. The van der Waals surface area contributed by atoms with Gasteiger partial charge in [0.2, 0.25) is 10.0 Å². The van der Waals surface area contributed by atoms with Gasteiger partial charge in [-0.2, -0.15) is 0 Å². The number of nitrogen functional groups attached to an aromatic ring is 1. The summed E-state index contributed by atoms with van der Waals surface area (Å²) in [5, 5.41) is 0. The van der Waals surface area contributed by atoms with Crippen LogP contribution in [0.25, 0.3) is 0 Å². The van der Waals surface area contributed by atoms with Gasteiger partial charge in [-0.3, -0.25) is 4.21 Å². The van der Waals surface area contributed by atoms with E-state index in [4.69, 9.17) is 10.5 Å². The highest BCUT2D eigenvalue weighted by atomic mass is 32.2. The molecule has 0 heterocycles. The van der Waals surface area contributed by atoms with Crippen molar-refractivity contribution in [3.05, 3.63) is 17.9 Å². The van der Waals surface area contributed by atoms with Crippen molar-refractivity contribution in [1.82, 2.24) is 4.72 Å². The van der Waals surface area contributed by atoms with Gasteiger partial charge in [0, 0.05) is 28.9 Å². The summed E-state index contributed by atoms with van der Waals surface area (Å²) in [5.74, 6) is -0.406. The second kappa shape index (κ2) is 7.00. The van der Waals surface area contributed by atoms with Crippen molar-refractivity contribution in [2.75, 3.05) is 30.9 Å². The van der Waals surface area contributed by atoms with Gasteiger partial charge in [-0.25, -0.2) is 17.5 Å². The lowest BCUT2D eigenvalue weighted by Crippen LogP contribution is -2.28. The first-order chi connectivity index (χ1) is 9.31. The number of hydrogen-bond acceptors (Lipinski definition) is 5. The standard InChI is InChI=1S/C11H17FN2O4S2/c1-3-19(15)5-4-14-20(16,17)8-6-9(12)11(18-2)10(13)7-8/h6-7,14H,3-5,13H2,1-2H3. The molecule has 0 amide bonds. The number of methoxy groups -OCH3 is 1. The molecule has 9 heteroatoms. The van der Waals surface area contributed by atoms with E-state index in [9.17, 15) is 17.0 Å². The maximum atomic E-state index is 13.6. The van der Waals surface area contributed by atoms with Gasteiger partial charge in [0.25, 0.3) is 0 Å². The van der Waals surface area contributed by atoms with Crippen LogP contribution in [0.5, 0.6) is 5.75 Å².